The lowest BCUT2D eigenvalue weighted by molar-refractivity contribution is 0.603. The molecule has 0 aliphatic heterocycles. The summed E-state index contributed by atoms with van der Waals surface area (Å²) in [6.07, 6.45) is 21.0. The quantitative estimate of drug-likeness (QED) is 0.141. The second-order valence-electron chi connectivity index (χ2n) is 15.7. The molecule has 6 aromatic rings. The molecule has 0 amide bonds. The van der Waals surface area contributed by atoms with Gasteiger partial charge in [0.1, 0.15) is 0 Å². The van der Waals surface area contributed by atoms with Crippen LogP contribution >= 0.6 is 0 Å². The third kappa shape index (κ3) is 13.4. The summed E-state index contributed by atoms with van der Waals surface area (Å²) in [5.41, 5.74) is 12.3. The lowest BCUT2D eigenvalue weighted by Crippen LogP contribution is -2.21. The van der Waals surface area contributed by atoms with Gasteiger partial charge in [0.15, 0.2) is 0 Å². The second-order valence-corrected chi connectivity index (χ2v) is 15.7. The SMILES string of the molecule is C1=CCCC(CCc2ccccc2)=C1.CC.CC.CC.CCC(C)C.Cc1ccc(C2=CCC(C)(c3ccccc3-c3c(C)c4ccccc4c4ccccc34)C=C2)cc1. The van der Waals surface area contributed by atoms with Crippen molar-refractivity contribution in [2.24, 2.45) is 5.92 Å². The fraction of sp³-hybridized carbons (Fsp3) is 0.333. The van der Waals surface area contributed by atoms with Crippen LogP contribution < -0.4 is 0 Å². The second kappa shape index (κ2) is 26.1. The Morgan fingerprint density at radius 1 is 0.617 bits per heavy atom. The molecule has 0 saturated carbocycles. The average Bonchev–Trinajstić information content (AvgIpc) is 3.32. The minimum atomic E-state index is -0.0655. The van der Waals surface area contributed by atoms with Gasteiger partial charge < -0.3 is 0 Å². The Hall–Kier alpha value is -5.20. The van der Waals surface area contributed by atoms with Crippen molar-refractivity contribution in [3.05, 3.63) is 197 Å². The van der Waals surface area contributed by atoms with Crippen LogP contribution in [0.15, 0.2) is 169 Å². The van der Waals surface area contributed by atoms with Crippen LogP contribution in [0.5, 0.6) is 0 Å². The molecule has 0 aromatic heterocycles. The predicted octanol–water partition coefficient (Wildman–Crippen LogP) is 18.6. The Morgan fingerprint density at radius 3 is 1.73 bits per heavy atom. The van der Waals surface area contributed by atoms with E-state index >= 15 is 0 Å². The van der Waals surface area contributed by atoms with Crippen LogP contribution in [0.4, 0.5) is 0 Å². The van der Waals surface area contributed by atoms with Crippen molar-refractivity contribution in [2.75, 3.05) is 0 Å². The van der Waals surface area contributed by atoms with Crippen molar-refractivity contribution in [1.82, 2.24) is 0 Å². The zero-order valence-corrected chi connectivity index (χ0v) is 39.4. The summed E-state index contributed by atoms with van der Waals surface area (Å²) in [5.74, 6) is 0.884. The molecule has 0 radical (unpaired) electrons. The highest BCUT2D eigenvalue weighted by Crippen LogP contribution is 2.45. The van der Waals surface area contributed by atoms with E-state index in [1.807, 2.05) is 41.5 Å². The topological polar surface area (TPSA) is 0 Å². The van der Waals surface area contributed by atoms with Crippen molar-refractivity contribution in [2.45, 2.75) is 127 Å². The molecule has 0 nitrogen and oxygen atoms in total. The van der Waals surface area contributed by atoms with E-state index in [4.69, 9.17) is 0 Å². The number of aryl methyl sites for hydroxylation is 3. The van der Waals surface area contributed by atoms with E-state index in [0.29, 0.717) is 0 Å². The van der Waals surface area contributed by atoms with Gasteiger partial charge in [0, 0.05) is 5.41 Å². The van der Waals surface area contributed by atoms with Gasteiger partial charge in [-0.25, -0.2) is 0 Å². The Morgan fingerprint density at radius 2 is 1.17 bits per heavy atom. The molecule has 1 unspecified atom stereocenters. The zero-order valence-electron chi connectivity index (χ0n) is 39.4. The van der Waals surface area contributed by atoms with Gasteiger partial charge in [0.2, 0.25) is 0 Å². The van der Waals surface area contributed by atoms with Crippen LogP contribution in [0, 0.1) is 19.8 Å². The predicted molar refractivity (Wildman–Crippen MR) is 272 cm³/mol. The van der Waals surface area contributed by atoms with Gasteiger partial charge in [-0.2, -0.15) is 0 Å². The zero-order chi connectivity index (χ0) is 43.9. The first-order valence-electron chi connectivity index (χ1n) is 23.1. The normalized spacial score (nSPS) is 14.9. The largest absolute Gasteiger partial charge is 0.0842 e. The molecule has 60 heavy (non-hydrogen) atoms. The van der Waals surface area contributed by atoms with Crippen molar-refractivity contribution in [3.8, 4) is 11.1 Å². The lowest BCUT2D eigenvalue weighted by Gasteiger charge is -2.32. The number of rotatable bonds is 7. The molecule has 0 N–H and O–H groups in total. The van der Waals surface area contributed by atoms with Crippen LogP contribution in [0.1, 0.15) is 129 Å². The Bertz CT molecular complexity index is 2270. The van der Waals surface area contributed by atoms with Crippen molar-refractivity contribution in [1.29, 1.82) is 0 Å². The maximum Gasteiger partial charge on any atom is 0.0148 e. The molecule has 2 aliphatic carbocycles. The molecule has 0 fully saturated rings. The number of fused-ring (bicyclic) bond motifs is 3. The van der Waals surface area contributed by atoms with E-state index < -0.39 is 0 Å². The highest BCUT2D eigenvalue weighted by Gasteiger charge is 2.29. The highest BCUT2D eigenvalue weighted by molar-refractivity contribution is 6.16. The van der Waals surface area contributed by atoms with Gasteiger partial charge in [-0.15, -0.1) is 0 Å². The molecule has 6 aromatic carbocycles. The van der Waals surface area contributed by atoms with E-state index in [2.05, 4.69) is 205 Å². The molecule has 0 spiro atoms. The van der Waals surface area contributed by atoms with Crippen molar-refractivity contribution >= 4 is 27.1 Å². The van der Waals surface area contributed by atoms with Crippen molar-refractivity contribution < 1.29 is 0 Å². The summed E-state index contributed by atoms with van der Waals surface area (Å²) in [5, 5.41) is 5.32. The highest BCUT2D eigenvalue weighted by atomic mass is 14.3. The van der Waals surface area contributed by atoms with E-state index in [9.17, 15) is 0 Å². The first kappa shape index (κ1) is 49.2. The maximum absolute atomic E-state index is 2.42. The van der Waals surface area contributed by atoms with E-state index in [0.717, 1.165) is 12.3 Å². The van der Waals surface area contributed by atoms with Gasteiger partial charge >= 0.3 is 0 Å². The average molecular weight is 797 g/mol. The maximum atomic E-state index is 2.42. The Kier molecular flexibility index (Phi) is 21.4. The summed E-state index contributed by atoms with van der Waals surface area (Å²) < 4.78 is 0. The summed E-state index contributed by atoms with van der Waals surface area (Å²) in [4.78, 5) is 0. The number of hydrogen-bond donors (Lipinski definition) is 0. The molecular formula is C60H76. The van der Waals surface area contributed by atoms with Gasteiger partial charge in [0.25, 0.3) is 0 Å². The smallest absolute Gasteiger partial charge is 0.0148 e. The number of hydrogen-bond acceptors (Lipinski definition) is 0. The third-order valence-electron chi connectivity index (χ3n) is 11.3. The molecule has 0 heterocycles. The van der Waals surface area contributed by atoms with Crippen LogP contribution in [-0.4, -0.2) is 0 Å². The Balaban J connectivity index is 0.000000318. The van der Waals surface area contributed by atoms with E-state index in [1.54, 1.807) is 5.57 Å². The van der Waals surface area contributed by atoms with E-state index in [1.165, 1.54) is 98.2 Å². The first-order chi connectivity index (χ1) is 29.3. The summed E-state index contributed by atoms with van der Waals surface area (Å²) in [6, 6.07) is 46.3. The molecule has 2 aliphatic rings. The summed E-state index contributed by atoms with van der Waals surface area (Å²) in [7, 11) is 0. The van der Waals surface area contributed by atoms with E-state index in [-0.39, 0.29) is 5.41 Å². The first-order valence-corrected chi connectivity index (χ1v) is 23.1. The Labute approximate surface area is 366 Å². The monoisotopic (exact) mass is 797 g/mol. The van der Waals surface area contributed by atoms with Gasteiger partial charge in [-0.05, 0) is 112 Å². The molecule has 316 valence electrons. The number of allylic oxidation sites excluding steroid dienone is 8. The van der Waals surface area contributed by atoms with Crippen LogP contribution in [0.3, 0.4) is 0 Å². The minimum Gasteiger partial charge on any atom is -0.0842 e. The molecule has 1 atom stereocenters. The molecule has 0 saturated heterocycles. The van der Waals surface area contributed by atoms with Crippen molar-refractivity contribution in [3.63, 3.8) is 0 Å². The standard InChI is InChI=1S/C35H30.C14H16.C5H12.3C2H6/c1-24-16-18-26(19-17-24)27-20-22-35(3,23-21-27)33-15-9-8-14-32(33)34-25(2)28-10-4-5-11-29(28)30-12-6-7-13-31(30)34;1-3-7-13(8-4-1)11-12-14-9-5-2-6-10-14;1-4-5(2)3;3*1-2/h4-22H,23H2,1-3H3;1-5,7-9H,6,10-12H2;5H,4H2,1-3H3;3*1-2H3. The van der Waals surface area contributed by atoms with Gasteiger partial charge in [-0.1, -0.05) is 251 Å². The lowest BCUT2D eigenvalue weighted by atomic mass is 9.72. The molecular weight excluding hydrogens is 721 g/mol. The van der Waals surface area contributed by atoms with Gasteiger partial charge in [-0.3, -0.25) is 0 Å². The summed E-state index contributed by atoms with van der Waals surface area (Å²) in [6.45, 7) is 25.4. The summed E-state index contributed by atoms with van der Waals surface area (Å²) >= 11 is 0. The van der Waals surface area contributed by atoms with Gasteiger partial charge in [0.05, 0.1) is 0 Å². The van der Waals surface area contributed by atoms with Crippen LogP contribution in [0.2, 0.25) is 0 Å². The van der Waals surface area contributed by atoms with Crippen LogP contribution in [0.25, 0.3) is 38.2 Å². The fourth-order valence-electron chi connectivity index (χ4n) is 7.57. The molecule has 8 rings (SSSR count). The van der Waals surface area contributed by atoms with Crippen LogP contribution in [-0.2, 0) is 11.8 Å². The number of benzene rings is 6. The molecule has 0 heteroatoms. The minimum absolute atomic E-state index is 0.0655. The molecule has 0 bridgehead atoms. The third-order valence-corrected chi connectivity index (χ3v) is 11.3. The fourth-order valence-corrected chi connectivity index (χ4v) is 7.57.